The van der Waals surface area contributed by atoms with Crippen LogP contribution in [-0.4, -0.2) is 58.8 Å². The number of aromatic nitrogens is 2. The Labute approximate surface area is 181 Å². The van der Waals surface area contributed by atoms with Crippen LogP contribution in [0.25, 0.3) is 10.9 Å². The number of anilines is 1. The van der Waals surface area contributed by atoms with E-state index in [0.29, 0.717) is 30.0 Å². The molecule has 2 aliphatic rings. The maximum atomic E-state index is 14.9. The van der Waals surface area contributed by atoms with Crippen LogP contribution in [0.4, 0.5) is 15.0 Å². The minimum atomic E-state index is -0.629. The Morgan fingerprint density at radius 1 is 1.30 bits per heavy atom. The molecule has 162 valence electrons. The molecule has 2 aliphatic heterocycles. The SMILES string of the molecule is COc1cc2c(N3CC4CC[C@H](C3)N4C(=O)OC(C)(C)C)nc(=O)[nH]c2c(F)c1Br. The van der Waals surface area contributed by atoms with Crippen LogP contribution in [0.1, 0.15) is 33.6 Å². The van der Waals surface area contributed by atoms with Gasteiger partial charge in [0.25, 0.3) is 0 Å². The number of nitrogens with zero attached hydrogens (tertiary/aromatic N) is 3. The third-order valence-corrected chi connectivity index (χ3v) is 6.20. The molecule has 4 rings (SSSR count). The molecule has 1 aromatic carbocycles. The van der Waals surface area contributed by atoms with E-state index in [0.717, 1.165) is 12.8 Å². The lowest BCUT2D eigenvalue weighted by molar-refractivity contribution is 0.0123. The molecule has 10 heteroatoms. The summed E-state index contributed by atoms with van der Waals surface area (Å²) in [4.78, 5) is 35.2. The molecular weight excluding hydrogens is 459 g/mol. The van der Waals surface area contributed by atoms with E-state index in [1.807, 2.05) is 25.7 Å². The number of fused-ring (bicyclic) bond motifs is 3. The number of benzene rings is 1. The third-order valence-electron chi connectivity index (χ3n) is 5.46. The van der Waals surface area contributed by atoms with Crippen molar-refractivity contribution in [3.05, 3.63) is 26.8 Å². The lowest BCUT2D eigenvalue weighted by Gasteiger charge is -2.42. The number of piperazine rings is 1. The highest BCUT2D eigenvalue weighted by atomic mass is 79.9. The van der Waals surface area contributed by atoms with E-state index < -0.39 is 17.1 Å². The smallest absolute Gasteiger partial charge is 0.410 e. The summed E-state index contributed by atoms with van der Waals surface area (Å²) < 4.78 is 25.8. The van der Waals surface area contributed by atoms with Crippen LogP contribution in [-0.2, 0) is 4.74 Å². The van der Waals surface area contributed by atoms with Crippen molar-refractivity contribution in [1.82, 2.24) is 14.9 Å². The van der Waals surface area contributed by atoms with Crippen molar-refractivity contribution in [1.29, 1.82) is 0 Å². The number of ether oxygens (including phenoxy) is 2. The molecule has 1 unspecified atom stereocenters. The number of hydrogen-bond donors (Lipinski definition) is 1. The van der Waals surface area contributed by atoms with Crippen LogP contribution in [0, 0.1) is 5.82 Å². The Hall–Kier alpha value is -2.36. The minimum absolute atomic E-state index is 0.0584. The summed E-state index contributed by atoms with van der Waals surface area (Å²) in [6.45, 7) is 6.50. The summed E-state index contributed by atoms with van der Waals surface area (Å²) in [5.41, 5.74) is -1.13. The van der Waals surface area contributed by atoms with Crippen molar-refractivity contribution in [2.24, 2.45) is 0 Å². The fourth-order valence-electron chi connectivity index (χ4n) is 4.27. The quantitative estimate of drug-likeness (QED) is 0.705. The highest BCUT2D eigenvalue weighted by Gasteiger charge is 2.45. The highest BCUT2D eigenvalue weighted by Crippen LogP contribution is 2.38. The normalized spacial score (nSPS) is 21.3. The molecule has 1 amide bonds. The van der Waals surface area contributed by atoms with E-state index in [1.165, 1.54) is 7.11 Å². The van der Waals surface area contributed by atoms with Crippen LogP contribution < -0.4 is 15.3 Å². The lowest BCUT2D eigenvalue weighted by Crippen LogP contribution is -2.57. The number of carbonyl (C=O) groups excluding carboxylic acids is 1. The summed E-state index contributed by atoms with van der Waals surface area (Å²) in [5.74, 6) is 0.0881. The van der Waals surface area contributed by atoms with Crippen molar-refractivity contribution in [2.75, 3.05) is 25.1 Å². The van der Waals surface area contributed by atoms with Crippen LogP contribution in [0.2, 0.25) is 0 Å². The van der Waals surface area contributed by atoms with Gasteiger partial charge in [0.05, 0.1) is 29.2 Å². The van der Waals surface area contributed by atoms with Gasteiger partial charge in [-0.2, -0.15) is 4.98 Å². The fourth-order valence-corrected chi connectivity index (χ4v) is 4.75. The molecule has 2 fully saturated rings. The largest absolute Gasteiger partial charge is 0.495 e. The topological polar surface area (TPSA) is 87.8 Å². The van der Waals surface area contributed by atoms with Gasteiger partial charge in [0.1, 0.15) is 17.2 Å². The molecular formula is C20H24BrFN4O4. The van der Waals surface area contributed by atoms with E-state index in [1.54, 1.807) is 11.0 Å². The lowest BCUT2D eigenvalue weighted by atomic mass is 10.1. The molecule has 8 nitrogen and oxygen atoms in total. The second-order valence-electron chi connectivity index (χ2n) is 8.67. The van der Waals surface area contributed by atoms with Crippen LogP contribution >= 0.6 is 15.9 Å². The molecule has 2 atom stereocenters. The first-order chi connectivity index (χ1) is 14.1. The van der Waals surface area contributed by atoms with Crippen LogP contribution in [0.15, 0.2) is 15.3 Å². The van der Waals surface area contributed by atoms with E-state index >= 15 is 0 Å². The first-order valence-corrected chi connectivity index (χ1v) is 10.6. The van der Waals surface area contributed by atoms with E-state index in [4.69, 9.17) is 9.47 Å². The molecule has 1 N–H and O–H groups in total. The molecule has 1 aromatic heterocycles. The highest BCUT2D eigenvalue weighted by molar-refractivity contribution is 9.10. The Kier molecular flexibility index (Phi) is 5.16. The van der Waals surface area contributed by atoms with E-state index in [2.05, 4.69) is 25.9 Å². The number of H-pyrrole nitrogens is 1. The van der Waals surface area contributed by atoms with Gasteiger partial charge in [0, 0.05) is 18.5 Å². The van der Waals surface area contributed by atoms with Crippen molar-refractivity contribution in [3.63, 3.8) is 0 Å². The second-order valence-corrected chi connectivity index (χ2v) is 9.47. The zero-order valence-electron chi connectivity index (χ0n) is 17.3. The van der Waals surface area contributed by atoms with Gasteiger partial charge in [-0.15, -0.1) is 0 Å². The first-order valence-electron chi connectivity index (χ1n) is 9.81. The second kappa shape index (κ2) is 7.40. The standard InChI is InChI=1S/C20H24BrFN4O4/c1-20(2,3)30-19(28)26-10-5-6-11(26)9-25(8-10)17-12-7-13(29-4)14(21)15(22)16(12)23-18(27)24-17/h7,10-11H,5-6,8-9H2,1-4H3,(H,23,24,27)/t10-,11?/m1/s1. The number of carbonyl (C=O) groups is 1. The molecule has 2 bridgehead atoms. The number of rotatable bonds is 2. The van der Waals surface area contributed by atoms with E-state index in [-0.39, 0.29) is 28.2 Å². The Morgan fingerprint density at radius 3 is 2.50 bits per heavy atom. The average Bonchev–Trinajstić information content (AvgIpc) is 2.93. The van der Waals surface area contributed by atoms with Gasteiger partial charge in [-0.05, 0) is 55.6 Å². The van der Waals surface area contributed by atoms with Gasteiger partial charge in [0.15, 0.2) is 5.82 Å². The van der Waals surface area contributed by atoms with Crippen LogP contribution in [0.3, 0.4) is 0 Å². The zero-order valence-corrected chi connectivity index (χ0v) is 18.9. The summed E-state index contributed by atoms with van der Waals surface area (Å²) in [7, 11) is 1.45. The van der Waals surface area contributed by atoms with Gasteiger partial charge in [-0.3, -0.25) is 4.90 Å². The van der Waals surface area contributed by atoms with Gasteiger partial charge < -0.3 is 19.4 Å². The van der Waals surface area contributed by atoms with Gasteiger partial charge in [0.2, 0.25) is 0 Å². The van der Waals surface area contributed by atoms with E-state index in [9.17, 15) is 14.0 Å². The maximum Gasteiger partial charge on any atom is 0.410 e. The molecule has 0 saturated carbocycles. The molecule has 0 radical (unpaired) electrons. The van der Waals surface area contributed by atoms with Gasteiger partial charge >= 0.3 is 11.8 Å². The fraction of sp³-hybridized carbons (Fsp3) is 0.550. The minimum Gasteiger partial charge on any atom is -0.495 e. The number of hydrogen-bond acceptors (Lipinski definition) is 6. The number of aromatic amines is 1. The zero-order chi connectivity index (χ0) is 21.8. The van der Waals surface area contributed by atoms with Crippen molar-refractivity contribution >= 4 is 38.7 Å². The predicted octanol–water partition coefficient (Wildman–Crippen LogP) is 3.42. The van der Waals surface area contributed by atoms with Crippen molar-refractivity contribution in [3.8, 4) is 5.75 Å². The summed E-state index contributed by atoms with van der Waals surface area (Å²) in [6, 6.07) is 1.54. The third kappa shape index (κ3) is 3.61. The Bertz CT molecular complexity index is 1050. The molecule has 0 aliphatic carbocycles. The van der Waals surface area contributed by atoms with Crippen molar-refractivity contribution in [2.45, 2.75) is 51.3 Å². The number of amides is 1. The summed E-state index contributed by atoms with van der Waals surface area (Å²) in [6.07, 6.45) is 1.35. The Balaban J connectivity index is 1.71. The monoisotopic (exact) mass is 482 g/mol. The number of halogens is 2. The number of methoxy groups -OCH3 is 1. The van der Waals surface area contributed by atoms with Gasteiger partial charge in [-0.1, -0.05) is 0 Å². The molecule has 2 saturated heterocycles. The first kappa shape index (κ1) is 20.9. The maximum absolute atomic E-state index is 14.9. The van der Waals surface area contributed by atoms with Crippen LogP contribution in [0.5, 0.6) is 5.75 Å². The molecule has 2 aromatic rings. The van der Waals surface area contributed by atoms with Crippen molar-refractivity contribution < 1.29 is 18.7 Å². The number of nitrogens with one attached hydrogen (secondary N) is 1. The summed E-state index contributed by atoms with van der Waals surface area (Å²) >= 11 is 3.17. The average molecular weight is 483 g/mol. The molecule has 3 heterocycles. The summed E-state index contributed by atoms with van der Waals surface area (Å²) in [5, 5.41) is 0.456. The van der Waals surface area contributed by atoms with Gasteiger partial charge in [-0.25, -0.2) is 14.0 Å². The Morgan fingerprint density at radius 2 is 1.93 bits per heavy atom. The predicted molar refractivity (Wildman–Crippen MR) is 114 cm³/mol. The molecule has 30 heavy (non-hydrogen) atoms. The molecule has 0 spiro atoms.